The van der Waals surface area contributed by atoms with Gasteiger partial charge in [-0.05, 0) is 42.7 Å². The third kappa shape index (κ3) is 3.77. The van der Waals surface area contributed by atoms with E-state index in [9.17, 15) is 4.39 Å². The van der Waals surface area contributed by atoms with Gasteiger partial charge in [-0.15, -0.1) is 0 Å². The molecule has 4 aromatic rings. The Kier molecular flexibility index (Phi) is 4.92. The highest BCUT2D eigenvalue weighted by atomic mass is 19.1. The molecule has 0 bridgehead atoms. The van der Waals surface area contributed by atoms with Gasteiger partial charge in [0.2, 0.25) is 0 Å². The first-order valence-electron chi connectivity index (χ1n) is 10.1. The molecular weight excluding hydrogens is 391 g/mol. The van der Waals surface area contributed by atoms with Crippen LogP contribution in [0.25, 0.3) is 22.8 Å². The second-order valence-corrected chi connectivity index (χ2v) is 7.42. The number of halogens is 1. The van der Waals surface area contributed by atoms with Crippen molar-refractivity contribution in [2.45, 2.75) is 19.4 Å². The molecule has 1 aromatic carbocycles. The summed E-state index contributed by atoms with van der Waals surface area (Å²) in [6, 6.07) is 10.5. The fourth-order valence-electron chi connectivity index (χ4n) is 3.79. The van der Waals surface area contributed by atoms with Crippen molar-refractivity contribution in [2.24, 2.45) is 0 Å². The molecule has 0 aliphatic heterocycles. The first-order chi connectivity index (χ1) is 15.2. The van der Waals surface area contributed by atoms with Crippen LogP contribution >= 0.6 is 0 Å². The Morgan fingerprint density at radius 1 is 1.19 bits per heavy atom. The molecule has 7 heteroatoms. The summed E-state index contributed by atoms with van der Waals surface area (Å²) < 4.78 is 13.8. The van der Waals surface area contributed by atoms with Gasteiger partial charge in [-0.1, -0.05) is 24.8 Å². The van der Waals surface area contributed by atoms with E-state index < -0.39 is 0 Å². The SMILES string of the molecule is C=C(NCc1cn[nH]c1-c1nc2c([nH]1)CCC=C2c1cccc(F)c1)c1cccnc1. The van der Waals surface area contributed by atoms with Gasteiger partial charge in [-0.3, -0.25) is 10.1 Å². The number of allylic oxidation sites excluding steroid dienone is 1. The maximum Gasteiger partial charge on any atom is 0.156 e. The maximum absolute atomic E-state index is 13.8. The molecule has 3 aromatic heterocycles. The van der Waals surface area contributed by atoms with Crippen LogP contribution in [0.4, 0.5) is 4.39 Å². The molecular formula is C24H21FN6. The van der Waals surface area contributed by atoms with Gasteiger partial charge in [0, 0.05) is 47.0 Å². The van der Waals surface area contributed by atoms with Gasteiger partial charge in [0.25, 0.3) is 0 Å². The molecule has 0 atom stereocenters. The molecule has 154 valence electrons. The zero-order chi connectivity index (χ0) is 21.2. The Balaban J connectivity index is 1.40. The molecule has 0 radical (unpaired) electrons. The summed E-state index contributed by atoms with van der Waals surface area (Å²) in [5, 5.41) is 10.6. The highest BCUT2D eigenvalue weighted by Crippen LogP contribution is 2.33. The van der Waals surface area contributed by atoms with E-state index in [4.69, 9.17) is 4.98 Å². The van der Waals surface area contributed by atoms with Crippen LogP contribution in [0.3, 0.4) is 0 Å². The Bertz CT molecular complexity index is 1270. The van der Waals surface area contributed by atoms with E-state index in [0.29, 0.717) is 6.54 Å². The lowest BCUT2D eigenvalue weighted by Gasteiger charge is -2.12. The minimum Gasteiger partial charge on any atom is -0.381 e. The topological polar surface area (TPSA) is 82.3 Å². The van der Waals surface area contributed by atoms with E-state index in [0.717, 1.165) is 63.7 Å². The second kappa shape index (κ2) is 8.02. The van der Waals surface area contributed by atoms with Gasteiger partial charge in [-0.2, -0.15) is 5.10 Å². The number of rotatable bonds is 6. The van der Waals surface area contributed by atoms with Crippen LogP contribution in [0.2, 0.25) is 0 Å². The minimum atomic E-state index is -0.253. The molecule has 3 N–H and O–H groups in total. The Morgan fingerprint density at radius 2 is 2.13 bits per heavy atom. The van der Waals surface area contributed by atoms with Crippen LogP contribution in [0, 0.1) is 5.82 Å². The van der Waals surface area contributed by atoms with Crippen molar-refractivity contribution in [1.82, 2.24) is 30.5 Å². The van der Waals surface area contributed by atoms with Crippen LogP contribution < -0.4 is 5.32 Å². The van der Waals surface area contributed by atoms with Gasteiger partial charge in [-0.25, -0.2) is 9.37 Å². The van der Waals surface area contributed by atoms with Gasteiger partial charge < -0.3 is 10.3 Å². The number of aromatic amines is 2. The summed E-state index contributed by atoms with van der Waals surface area (Å²) >= 11 is 0. The largest absolute Gasteiger partial charge is 0.381 e. The monoisotopic (exact) mass is 412 g/mol. The van der Waals surface area contributed by atoms with Crippen molar-refractivity contribution in [3.8, 4) is 11.5 Å². The van der Waals surface area contributed by atoms with Crippen molar-refractivity contribution >= 4 is 11.3 Å². The number of hydrogen-bond acceptors (Lipinski definition) is 4. The number of nitrogens with one attached hydrogen (secondary N) is 3. The maximum atomic E-state index is 13.8. The third-order valence-corrected chi connectivity index (χ3v) is 5.37. The smallest absolute Gasteiger partial charge is 0.156 e. The highest BCUT2D eigenvalue weighted by molar-refractivity contribution is 5.81. The molecule has 0 saturated heterocycles. The number of hydrogen-bond donors (Lipinski definition) is 3. The minimum absolute atomic E-state index is 0.253. The molecule has 3 heterocycles. The zero-order valence-electron chi connectivity index (χ0n) is 16.8. The molecule has 5 rings (SSSR count). The Hall–Kier alpha value is -4.00. The Morgan fingerprint density at radius 3 is 2.97 bits per heavy atom. The number of nitrogens with zero attached hydrogens (tertiary/aromatic N) is 3. The predicted molar refractivity (Wildman–Crippen MR) is 118 cm³/mol. The summed E-state index contributed by atoms with van der Waals surface area (Å²) in [4.78, 5) is 12.4. The van der Waals surface area contributed by atoms with Crippen molar-refractivity contribution in [3.05, 3.63) is 102 Å². The molecule has 0 fully saturated rings. The molecule has 6 nitrogen and oxygen atoms in total. The number of benzene rings is 1. The lowest BCUT2D eigenvalue weighted by molar-refractivity contribution is 0.627. The number of aromatic nitrogens is 5. The fourth-order valence-corrected chi connectivity index (χ4v) is 3.79. The molecule has 0 spiro atoms. The quantitative estimate of drug-likeness (QED) is 0.436. The van der Waals surface area contributed by atoms with E-state index in [1.165, 1.54) is 6.07 Å². The summed E-state index contributed by atoms with van der Waals surface area (Å²) in [6.45, 7) is 4.63. The zero-order valence-corrected chi connectivity index (χ0v) is 16.8. The standard InChI is InChI=1S/C24H21FN6/c1-15(17-6-4-10-26-12-17)27-13-18-14-28-31-22(18)24-29-21-9-3-8-20(23(21)30-24)16-5-2-7-19(25)11-16/h2,4-8,10-12,14,27H,1,3,9,13H2,(H,28,31)(H,29,30). The van der Waals surface area contributed by atoms with E-state index in [2.05, 4.69) is 38.1 Å². The lowest BCUT2D eigenvalue weighted by Crippen LogP contribution is -2.11. The predicted octanol–water partition coefficient (Wildman–Crippen LogP) is 4.47. The molecule has 31 heavy (non-hydrogen) atoms. The number of aryl methyl sites for hydroxylation is 1. The van der Waals surface area contributed by atoms with Crippen LogP contribution in [0.15, 0.2) is 67.6 Å². The average Bonchev–Trinajstić information content (AvgIpc) is 3.44. The van der Waals surface area contributed by atoms with E-state index in [1.807, 2.05) is 18.2 Å². The summed E-state index contributed by atoms with van der Waals surface area (Å²) in [5.41, 5.74) is 7.20. The second-order valence-electron chi connectivity index (χ2n) is 7.42. The van der Waals surface area contributed by atoms with E-state index >= 15 is 0 Å². The third-order valence-electron chi connectivity index (χ3n) is 5.37. The van der Waals surface area contributed by atoms with Gasteiger partial charge in [0.05, 0.1) is 11.9 Å². The molecule has 0 amide bonds. The number of imidazole rings is 1. The van der Waals surface area contributed by atoms with Crippen molar-refractivity contribution in [1.29, 1.82) is 0 Å². The molecule has 0 saturated carbocycles. The number of H-pyrrole nitrogens is 2. The fraction of sp³-hybridized carbons (Fsp3) is 0.125. The van der Waals surface area contributed by atoms with Crippen LogP contribution in [0.5, 0.6) is 0 Å². The average molecular weight is 412 g/mol. The normalized spacial score (nSPS) is 12.9. The number of fused-ring (bicyclic) bond motifs is 1. The van der Waals surface area contributed by atoms with Crippen molar-refractivity contribution in [3.63, 3.8) is 0 Å². The Labute approximate surface area is 179 Å². The van der Waals surface area contributed by atoms with Gasteiger partial charge in [0.1, 0.15) is 11.5 Å². The van der Waals surface area contributed by atoms with Crippen LogP contribution in [0.1, 0.15) is 34.5 Å². The van der Waals surface area contributed by atoms with E-state index in [-0.39, 0.29) is 5.82 Å². The summed E-state index contributed by atoms with van der Waals surface area (Å²) in [5.74, 6) is 0.465. The van der Waals surface area contributed by atoms with Crippen LogP contribution in [-0.2, 0) is 13.0 Å². The van der Waals surface area contributed by atoms with Crippen molar-refractivity contribution < 1.29 is 4.39 Å². The highest BCUT2D eigenvalue weighted by Gasteiger charge is 2.21. The van der Waals surface area contributed by atoms with Gasteiger partial charge in [0.15, 0.2) is 5.82 Å². The first-order valence-corrected chi connectivity index (χ1v) is 10.1. The summed E-state index contributed by atoms with van der Waals surface area (Å²) in [6.07, 6.45) is 9.14. The van der Waals surface area contributed by atoms with Gasteiger partial charge >= 0.3 is 0 Å². The van der Waals surface area contributed by atoms with E-state index in [1.54, 1.807) is 30.7 Å². The molecule has 1 aliphatic rings. The van der Waals surface area contributed by atoms with Crippen LogP contribution in [-0.4, -0.2) is 25.1 Å². The summed E-state index contributed by atoms with van der Waals surface area (Å²) in [7, 11) is 0. The first kappa shape index (κ1) is 19.0. The number of pyridine rings is 1. The lowest BCUT2D eigenvalue weighted by atomic mass is 9.94. The molecule has 1 aliphatic carbocycles. The van der Waals surface area contributed by atoms with Crippen molar-refractivity contribution in [2.75, 3.05) is 0 Å². The molecule has 0 unspecified atom stereocenters.